The van der Waals surface area contributed by atoms with Crippen molar-refractivity contribution < 1.29 is 9.53 Å². The summed E-state index contributed by atoms with van der Waals surface area (Å²) >= 11 is 4.81. The maximum Gasteiger partial charge on any atom is 0.348 e. The van der Waals surface area contributed by atoms with Crippen LogP contribution in [-0.4, -0.2) is 18.4 Å². The van der Waals surface area contributed by atoms with Crippen molar-refractivity contribution in [2.45, 2.75) is 12.8 Å². The molecule has 1 aromatic heterocycles. The summed E-state index contributed by atoms with van der Waals surface area (Å²) in [5, 5.41) is 3.01. The molecule has 0 bridgehead atoms. The van der Waals surface area contributed by atoms with Gasteiger partial charge in [-0.15, -0.1) is 11.3 Å². The van der Waals surface area contributed by atoms with Crippen molar-refractivity contribution in [2.75, 3.05) is 12.4 Å². The minimum atomic E-state index is -0.241. The Kier molecular flexibility index (Phi) is 4.45. The molecule has 0 radical (unpaired) electrons. The summed E-state index contributed by atoms with van der Waals surface area (Å²) in [4.78, 5) is 11.8. The fourth-order valence-corrected chi connectivity index (χ4v) is 2.13. The van der Waals surface area contributed by atoms with Crippen LogP contribution in [0.4, 0.5) is 0 Å². The van der Waals surface area contributed by atoms with Gasteiger partial charge in [-0.2, -0.15) is 0 Å². The highest BCUT2D eigenvalue weighted by molar-refractivity contribution is 9.09. The average molecular weight is 263 g/mol. The highest BCUT2D eigenvalue weighted by atomic mass is 79.9. The maximum atomic E-state index is 11.1. The number of thiophene rings is 1. The molecule has 13 heavy (non-hydrogen) atoms. The molecule has 0 N–H and O–H groups in total. The lowest BCUT2D eigenvalue weighted by Gasteiger charge is -1.93. The molecule has 0 spiro atoms. The molecule has 0 saturated carbocycles. The van der Waals surface area contributed by atoms with Gasteiger partial charge in [0.25, 0.3) is 0 Å². The summed E-state index contributed by atoms with van der Waals surface area (Å²) in [7, 11) is 1.40. The summed E-state index contributed by atoms with van der Waals surface area (Å²) in [6.07, 6.45) is 2.11. The number of carbonyl (C=O) groups excluding carboxylic acids is 1. The second kappa shape index (κ2) is 5.40. The highest BCUT2D eigenvalue weighted by Crippen LogP contribution is 2.17. The van der Waals surface area contributed by atoms with Crippen LogP contribution in [0.5, 0.6) is 0 Å². The van der Waals surface area contributed by atoms with Crippen molar-refractivity contribution in [3.8, 4) is 0 Å². The van der Waals surface area contributed by atoms with Gasteiger partial charge in [0.2, 0.25) is 0 Å². The Bertz CT molecular complexity index is 283. The van der Waals surface area contributed by atoms with Gasteiger partial charge >= 0.3 is 5.97 Å². The van der Waals surface area contributed by atoms with Crippen LogP contribution in [0.1, 0.15) is 21.7 Å². The summed E-state index contributed by atoms with van der Waals surface area (Å²) in [6.45, 7) is 0. The first-order chi connectivity index (χ1) is 6.27. The Labute approximate surface area is 90.0 Å². The lowest BCUT2D eigenvalue weighted by molar-refractivity contribution is 0.0606. The van der Waals surface area contributed by atoms with E-state index in [4.69, 9.17) is 0 Å². The van der Waals surface area contributed by atoms with E-state index in [-0.39, 0.29) is 5.97 Å². The van der Waals surface area contributed by atoms with Gasteiger partial charge in [-0.3, -0.25) is 0 Å². The molecule has 0 aliphatic heterocycles. The van der Waals surface area contributed by atoms with E-state index in [0.29, 0.717) is 4.88 Å². The fourth-order valence-electron chi connectivity index (χ4n) is 0.985. The first kappa shape index (κ1) is 10.7. The third kappa shape index (κ3) is 3.12. The topological polar surface area (TPSA) is 26.3 Å². The van der Waals surface area contributed by atoms with Crippen LogP contribution in [0.15, 0.2) is 11.4 Å². The number of halogens is 1. The van der Waals surface area contributed by atoms with E-state index >= 15 is 0 Å². The van der Waals surface area contributed by atoms with E-state index in [9.17, 15) is 4.79 Å². The maximum absolute atomic E-state index is 11.1. The summed E-state index contributed by atoms with van der Waals surface area (Å²) in [5.74, 6) is -0.241. The number of aryl methyl sites for hydroxylation is 1. The van der Waals surface area contributed by atoms with Gasteiger partial charge in [0.05, 0.1) is 7.11 Å². The number of hydrogen-bond donors (Lipinski definition) is 0. The van der Waals surface area contributed by atoms with Crippen molar-refractivity contribution in [3.63, 3.8) is 0 Å². The molecule has 72 valence electrons. The average Bonchev–Trinajstić information content (AvgIpc) is 2.62. The van der Waals surface area contributed by atoms with Crippen molar-refractivity contribution in [2.24, 2.45) is 0 Å². The lowest BCUT2D eigenvalue weighted by atomic mass is 10.2. The number of esters is 1. The molecule has 0 amide bonds. The lowest BCUT2D eigenvalue weighted by Crippen LogP contribution is -1.97. The molecule has 0 fully saturated rings. The van der Waals surface area contributed by atoms with Crippen molar-refractivity contribution in [3.05, 3.63) is 21.9 Å². The van der Waals surface area contributed by atoms with Crippen LogP contribution in [0.2, 0.25) is 0 Å². The van der Waals surface area contributed by atoms with Crippen LogP contribution >= 0.6 is 27.3 Å². The summed E-state index contributed by atoms with van der Waals surface area (Å²) in [5.41, 5.74) is 1.21. The van der Waals surface area contributed by atoms with Crippen LogP contribution in [0.25, 0.3) is 0 Å². The fraction of sp³-hybridized carbons (Fsp3) is 0.444. The van der Waals surface area contributed by atoms with E-state index in [1.165, 1.54) is 24.0 Å². The Morgan fingerprint density at radius 2 is 2.46 bits per heavy atom. The second-order valence-corrected chi connectivity index (χ2v) is 4.31. The monoisotopic (exact) mass is 262 g/mol. The van der Waals surface area contributed by atoms with Gasteiger partial charge < -0.3 is 4.74 Å². The van der Waals surface area contributed by atoms with E-state index in [0.717, 1.165) is 18.2 Å². The van der Waals surface area contributed by atoms with Crippen LogP contribution in [0.3, 0.4) is 0 Å². The molecule has 2 nitrogen and oxygen atoms in total. The van der Waals surface area contributed by atoms with Gasteiger partial charge in [0, 0.05) is 5.33 Å². The minimum Gasteiger partial charge on any atom is -0.465 e. The predicted molar refractivity (Wildman–Crippen MR) is 57.8 cm³/mol. The largest absolute Gasteiger partial charge is 0.465 e. The smallest absolute Gasteiger partial charge is 0.348 e. The molecule has 4 heteroatoms. The molecule has 1 aromatic rings. The van der Waals surface area contributed by atoms with E-state index in [1.807, 2.05) is 11.4 Å². The first-order valence-electron chi connectivity index (χ1n) is 3.99. The number of methoxy groups -OCH3 is 1. The molecular formula is C9H11BrO2S. The van der Waals surface area contributed by atoms with Crippen LogP contribution in [0, 0.1) is 0 Å². The summed E-state index contributed by atoms with van der Waals surface area (Å²) in [6, 6.07) is 1.90. The Morgan fingerprint density at radius 1 is 1.69 bits per heavy atom. The molecule has 0 atom stereocenters. The zero-order valence-electron chi connectivity index (χ0n) is 7.38. The normalized spacial score (nSPS) is 10.0. The Morgan fingerprint density at radius 3 is 3.08 bits per heavy atom. The van der Waals surface area contributed by atoms with Gasteiger partial charge in [0.1, 0.15) is 4.88 Å². The Hall–Kier alpha value is -0.350. The number of carbonyl (C=O) groups is 1. The van der Waals surface area contributed by atoms with Crippen molar-refractivity contribution in [1.29, 1.82) is 0 Å². The number of ether oxygens (including phenoxy) is 1. The zero-order valence-corrected chi connectivity index (χ0v) is 9.78. The molecule has 0 aliphatic rings. The number of hydrogen-bond acceptors (Lipinski definition) is 3. The SMILES string of the molecule is COC(=O)c1cc(CCCBr)cs1. The van der Waals surface area contributed by atoms with Gasteiger partial charge in [0.15, 0.2) is 0 Å². The molecular weight excluding hydrogens is 252 g/mol. The molecule has 0 aliphatic carbocycles. The van der Waals surface area contributed by atoms with E-state index in [2.05, 4.69) is 20.7 Å². The second-order valence-electron chi connectivity index (χ2n) is 2.60. The standard InChI is InChI=1S/C9H11BrO2S/c1-12-9(11)8-5-7(6-13-8)3-2-4-10/h5-6H,2-4H2,1H3. The highest BCUT2D eigenvalue weighted by Gasteiger charge is 2.07. The van der Waals surface area contributed by atoms with Crippen LogP contribution in [-0.2, 0) is 11.2 Å². The van der Waals surface area contributed by atoms with Gasteiger partial charge in [-0.1, -0.05) is 15.9 Å². The minimum absolute atomic E-state index is 0.241. The van der Waals surface area contributed by atoms with Crippen LogP contribution < -0.4 is 0 Å². The summed E-state index contributed by atoms with van der Waals surface area (Å²) < 4.78 is 4.62. The molecule has 0 saturated heterocycles. The Balaban J connectivity index is 2.58. The molecule has 0 aromatic carbocycles. The van der Waals surface area contributed by atoms with Crippen molar-refractivity contribution in [1.82, 2.24) is 0 Å². The third-order valence-electron chi connectivity index (χ3n) is 1.64. The molecule has 0 unspecified atom stereocenters. The third-order valence-corrected chi connectivity index (χ3v) is 3.16. The van der Waals surface area contributed by atoms with E-state index in [1.54, 1.807) is 0 Å². The molecule has 1 rings (SSSR count). The number of rotatable bonds is 4. The van der Waals surface area contributed by atoms with Crippen molar-refractivity contribution >= 4 is 33.2 Å². The predicted octanol–water partition coefficient (Wildman–Crippen LogP) is 2.86. The van der Waals surface area contributed by atoms with Gasteiger partial charge in [-0.05, 0) is 29.9 Å². The zero-order chi connectivity index (χ0) is 9.68. The van der Waals surface area contributed by atoms with E-state index < -0.39 is 0 Å². The quantitative estimate of drug-likeness (QED) is 0.616. The van der Waals surface area contributed by atoms with Gasteiger partial charge in [-0.25, -0.2) is 4.79 Å². The molecule has 1 heterocycles. The number of alkyl halides is 1. The first-order valence-corrected chi connectivity index (χ1v) is 5.99.